The van der Waals surface area contributed by atoms with Crippen molar-refractivity contribution < 1.29 is 51.0 Å². The molecule has 0 radical (unpaired) electrons. The molecule has 0 aliphatic heterocycles. The topological polar surface area (TPSA) is 108 Å². The van der Waals surface area contributed by atoms with Crippen molar-refractivity contribution in [3.8, 4) is 0 Å². The Labute approximate surface area is 251 Å². The molecule has 1 aliphatic rings. The molecule has 242 valence electrons. The van der Waals surface area contributed by atoms with Gasteiger partial charge in [0.15, 0.2) is 0 Å². The van der Waals surface area contributed by atoms with Crippen molar-refractivity contribution in [2.24, 2.45) is 5.16 Å². The zero-order chi connectivity index (χ0) is 33.1. The summed E-state index contributed by atoms with van der Waals surface area (Å²) in [5.74, 6) is -3.82. The van der Waals surface area contributed by atoms with E-state index in [1.54, 1.807) is 19.1 Å². The van der Waals surface area contributed by atoms with Gasteiger partial charge in [-0.05, 0) is 72.1 Å². The molecule has 2 aromatic carbocycles. The Hall–Kier alpha value is -3.87. The summed E-state index contributed by atoms with van der Waals surface area (Å²) < 4.78 is 73.2. The number of aryl methyl sites for hydroxylation is 1. The molecule has 44 heavy (non-hydrogen) atoms. The SMILES string of the molecule is C=C(CNCc1ccc(/C(C)=N/OCc2ccc(C3CCCCC3)c(C(F)(F)F)c2)cc1CC)C(=O)O.O=C(O)C(F)(F)F. The summed E-state index contributed by atoms with van der Waals surface area (Å²) in [6.07, 6.45) is -4.09. The van der Waals surface area contributed by atoms with Crippen molar-refractivity contribution in [3.63, 3.8) is 0 Å². The first-order chi connectivity index (χ1) is 20.5. The van der Waals surface area contributed by atoms with E-state index in [1.165, 1.54) is 6.07 Å². The Kier molecular flexibility index (Phi) is 13.4. The van der Waals surface area contributed by atoms with Crippen LogP contribution in [-0.2, 0) is 40.2 Å². The van der Waals surface area contributed by atoms with Crippen molar-refractivity contribution in [3.05, 3.63) is 81.9 Å². The largest absolute Gasteiger partial charge is 0.490 e. The van der Waals surface area contributed by atoms with Gasteiger partial charge in [-0.15, -0.1) is 0 Å². The fourth-order valence-corrected chi connectivity index (χ4v) is 4.74. The Morgan fingerprint density at radius 1 is 1.00 bits per heavy atom. The van der Waals surface area contributed by atoms with Crippen molar-refractivity contribution in [1.82, 2.24) is 5.32 Å². The molecule has 0 atom stereocenters. The van der Waals surface area contributed by atoms with Gasteiger partial charge in [-0.3, -0.25) is 0 Å². The zero-order valence-corrected chi connectivity index (χ0v) is 24.4. The van der Waals surface area contributed by atoms with Crippen LogP contribution in [0, 0.1) is 0 Å². The van der Waals surface area contributed by atoms with Crippen LogP contribution in [-0.4, -0.2) is 40.6 Å². The highest BCUT2D eigenvalue weighted by molar-refractivity contribution is 5.98. The number of carboxylic acid groups (broad SMARTS) is 2. The van der Waals surface area contributed by atoms with Crippen LogP contribution in [0.5, 0.6) is 0 Å². The number of carbonyl (C=O) groups is 2. The van der Waals surface area contributed by atoms with E-state index in [1.807, 2.05) is 25.1 Å². The Bertz CT molecular complexity index is 1330. The maximum atomic E-state index is 13.8. The van der Waals surface area contributed by atoms with Crippen molar-refractivity contribution in [2.75, 3.05) is 6.54 Å². The fourth-order valence-electron chi connectivity index (χ4n) is 4.74. The molecule has 0 heterocycles. The van der Waals surface area contributed by atoms with E-state index in [0.29, 0.717) is 23.4 Å². The minimum Gasteiger partial charge on any atom is -0.478 e. The molecule has 13 heteroatoms. The van der Waals surface area contributed by atoms with Crippen LogP contribution in [0.25, 0.3) is 0 Å². The second-order valence-corrected chi connectivity index (χ2v) is 10.4. The van der Waals surface area contributed by atoms with E-state index >= 15 is 0 Å². The van der Waals surface area contributed by atoms with Gasteiger partial charge in [0.25, 0.3) is 0 Å². The fraction of sp³-hybridized carbons (Fsp3) is 0.452. The zero-order valence-electron chi connectivity index (χ0n) is 24.4. The van der Waals surface area contributed by atoms with Crippen LogP contribution in [0.4, 0.5) is 26.3 Å². The minimum absolute atomic E-state index is 0.0393. The van der Waals surface area contributed by atoms with Gasteiger partial charge >= 0.3 is 24.3 Å². The number of aliphatic carboxylic acids is 2. The highest BCUT2D eigenvalue weighted by Crippen LogP contribution is 2.41. The number of nitrogens with one attached hydrogen (secondary N) is 1. The summed E-state index contributed by atoms with van der Waals surface area (Å²) in [5, 5.41) is 23.3. The Balaban J connectivity index is 0.000000860. The minimum atomic E-state index is -5.08. The lowest BCUT2D eigenvalue weighted by molar-refractivity contribution is -0.192. The number of alkyl halides is 6. The van der Waals surface area contributed by atoms with E-state index in [2.05, 4.69) is 17.1 Å². The highest BCUT2D eigenvalue weighted by atomic mass is 19.4. The second-order valence-electron chi connectivity index (χ2n) is 10.4. The van der Waals surface area contributed by atoms with Gasteiger partial charge in [-0.2, -0.15) is 26.3 Å². The molecule has 0 amide bonds. The average molecular weight is 631 g/mol. The van der Waals surface area contributed by atoms with Crippen LogP contribution in [0.2, 0.25) is 0 Å². The average Bonchev–Trinajstić information content (AvgIpc) is 2.96. The summed E-state index contributed by atoms with van der Waals surface area (Å²) in [4.78, 5) is 25.2. The Morgan fingerprint density at radius 3 is 2.18 bits per heavy atom. The summed E-state index contributed by atoms with van der Waals surface area (Å²) in [5.41, 5.74) is 3.93. The van der Waals surface area contributed by atoms with Crippen LogP contribution < -0.4 is 5.32 Å². The van der Waals surface area contributed by atoms with Crippen LogP contribution >= 0.6 is 0 Å². The standard InChI is InChI=1S/C29H35F3N2O3.C2HF3O2/c1-4-22-15-24(11-12-25(22)17-33-16-19(2)28(35)36)20(3)34-37-18-21-10-13-26(23-8-6-5-7-9-23)27(14-21)29(30,31)32;3-2(4,5)1(6)7/h10-15,23,33H,2,4-9,16-18H2,1,3H3,(H,35,36);(H,6,7)/b34-20+;. The molecule has 1 saturated carbocycles. The molecular formula is C31H36F6N2O5. The summed E-state index contributed by atoms with van der Waals surface area (Å²) in [6.45, 7) is 7.96. The molecule has 0 saturated heterocycles. The molecular weight excluding hydrogens is 594 g/mol. The monoisotopic (exact) mass is 630 g/mol. The second kappa shape index (κ2) is 16.3. The lowest BCUT2D eigenvalue weighted by atomic mass is 9.81. The molecule has 1 aliphatic carbocycles. The first-order valence-electron chi connectivity index (χ1n) is 13.9. The number of oxime groups is 1. The lowest BCUT2D eigenvalue weighted by Gasteiger charge is -2.25. The van der Waals surface area contributed by atoms with Crippen LogP contribution in [0.1, 0.15) is 85.3 Å². The summed E-state index contributed by atoms with van der Waals surface area (Å²) >= 11 is 0. The van der Waals surface area contributed by atoms with Gasteiger partial charge in [0.1, 0.15) is 6.61 Å². The normalized spacial score (nSPS) is 14.4. The van der Waals surface area contributed by atoms with E-state index in [0.717, 1.165) is 55.2 Å². The van der Waals surface area contributed by atoms with Crippen LogP contribution in [0.3, 0.4) is 0 Å². The molecule has 0 aromatic heterocycles. The number of rotatable bonds is 11. The molecule has 0 spiro atoms. The molecule has 0 unspecified atom stereocenters. The number of benzene rings is 2. The predicted molar refractivity (Wildman–Crippen MR) is 152 cm³/mol. The van der Waals surface area contributed by atoms with E-state index in [4.69, 9.17) is 19.8 Å². The van der Waals surface area contributed by atoms with E-state index in [-0.39, 0.29) is 24.6 Å². The number of hydrogen-bond donors (Lipinski definition) is 3. The summed E-state index contributed by atoms with van der Waals surface area (Å²) in [7, 11) is 0. The third-order valence-electron chi connectivity index (χ3n) is 7.10. The van der Waals surface area contributed by atoms with Crippen molar-refractivity contribution in [2.45, 2.75) is 83.8 Å². The first-order valence-corrected chi connectivity index (χ1v) is 13.9. The van der Waals surface area contributed by atoms with Gasteiger partial charge in [0, 0.05) is 18.7 Å². The quantitative estimate of drug-likeness (QED) is 0.102. The molecule has 1 fully saturated rings. The molecule has 0 bridgehead atoms. The van der Waals surface area contributed by atoms with Gasteiger partial charge in [0.05, 0.1) is 11.3 Å². The molecule has 7 nitrogen and oxygen atoms in total. The maximum Gasteiger partial charge on any atom is 0.490 e. The summed E-state index contributed by atoms with van der Waals surface area (Å²) in [6, 6.07) is 10.4. The molecule has 3 N–H and O–H groups in total. The number of halogens is 6. The number of nitrogens with zero attached hydrogens (tertiary/aromatic N) is 1. The Morgan fingerprint density at radius 2 is 1.64 bits per heavy atom. The predicted octanol–water partition coefficient (Wildman–Crippen LogP) is 7.62. The smallest absolute Gasteiger partial charge is 0.478 e. The van der Waals surface area contributed by atoms with Gasteiger partial charge in [-0.1, -0.05) is 62.2 Å². The molecule has 3 rings (SSSR count). The van der Waals surface area contributed by atoms with Gasteiger partial charge in [-0.25, -0.2) is 9.59 Å². The van der Waals surface area contributed by atoms with Gasteiger partial charge in [0.2, 0.25) is 0 Å². The maximum absolute atomic E-state index is 13.8. The first kappa shape index (κ1) is 36.3. The number of carboxylic acids is 2. The van der Waals surface area contributed by atoms with E-state index in [9.17, 15) is 31.1 Å². The van der Waals surface area contributed by atoms with Crippen molar-refractivity contribution >= 4 is 17.7 Å². The van der Waals surface area contributed by atoms with Gasteiger partial charge < -0.3 is 20.4 Å². The van der Waals surface area contributed by atoms with Crippen LogP contribution in [0.15, 0.2) is 53.7 Å². The van der Waals surface area contributed by atoms with Crippen molar-refractivity contribution in [1.29, 1.82) is 0 Å². The molecule has 2 aromatic rings. The van der Waals surface area contributed by atoms with E-state index < -0.39 is 29.9 Å². The third kappa shape index (κ3) is 11.3. The number of hydrogen-bond acceptors (Lipinski definition) is 5. The third-order valence-corrected chi connectivity index (χ3v) is 7.10. The lowest BCUT2D eigenvalue weighted by Crippen LogP contribution is -2.21. The highest BCUT2D eigenvalue weighted by Gasteiger charge is 2.38.